The van der Waals surface area contributed by atoms with Crippen LogP contribution in [0.2, 0.25) is 0 Å². The molecule has 2 aliphatic rings. The van der Waals surface area contributed by atoms with Crippen molar-refractivity contribution in [2.24, 2.45) is 17.8 Å². The van der Waals surface area contributed by atoms with Crippen molar-refractivity contribution in [2.45, 2.75) is 64.5 Å². The van der Waals surface area contributed by atoms with E-state index in [2.05, 4.69) is 25.7 Å². The minimum Gasteiger partial charge on any atom is -0.481 e. The normalized spacial score (nSPS) is 43.4. The number of carboxylic acid groups (broad SMARTS) is 1. The Bertz CT molecular complexity index is 350. The standard InChI is InChI=1S/C16H29NO3/c1-11-8-12(2)13(3)17(9-11)10-16(20)6-4-14(5-7-16)15(18)19/h11-14,20H,4-10H2,1-3H3,(H,18,19). The van der Waals surface area contributed by atoms with Crippen molar-refractivity contribution in [3.8, 4) is 0 Å². The van der Waals surface area contributed by atoms with Crippen molar-refractivity contribution >= 4 is 5.97 Å². The first-order chi connectivity index (χ1) is 9.31. The van der Waals surface area contributed by atoms with Crippen LogP contribution in [-0.4, -0.2) is 45.8 Å². The molecule has 0 aromatic rings. The van der Waals surface area contributed by atoms with Crippen LogP contribution >= 0.6 is 0 Å². The molecule has 2 rings (SSSR count). The fourth-order valence-corrected chi connectivity index (χ4v) is 3.98. The van der Waals surface area contributed by atoms with Crippen LogP contribution in [0.1, 0.15) is 52.9 Å². The van der Waals surface area contributed by atoms with Gasteiger partial charge in [0.2, 0.25) is 0 Å². The summed E-state index contributed by atoms with van der Waals surface area (Å²) in [4.78, 5) is 13.4. The molecule has 1 saturated carbocycles. The van der Waals surface area contributed by atoms with E-state index in [9.17, 15) is 9.90 Å². The van der Waals surface area contributed by atoms with Gasteiger partial charge in [-0.15, -0.1) is 0 Å². The third-order valence-corrected chi connectivity index (χ3v) is 5.48. The largest absolute Gasteiger partial charge is 0.481 e. The summed E-state index contributed by atoms with van der Waals surface area (Å²) in [7, 11) is 0. The van der Waals surface area contributed by atoms with E-state index in [1.54, 1.807) is 0 Å². The molecule has 3 atom stereocenters. The Morgan fingerprint density at radius 3 is 2.40 bits per heavy atom. The maximum atomic E-state index is 11.0. The predicted molar refractivity (Wildman–Crippen MR) is 78.5 cm³/mol. The molecule has 0 aromatic heterocycles. The van der Waals surface area contributed by atoms with Crippen molar-refractivity contribution in [1.29, 1.82) is 0 Å². The lowest BCUT2D eigenvalue weighted by Crippen LogP contribution is -2.53. The van der Waals surface area contributed by atoms with Gasteiger partial charge in [-0.2, -0.15) is 0 Å². The Hall–Kier alpha value is -0.610. The van der Waals surface area contributed by atoms with Crippen molar-refractivity contribution in [2.75, 3.05) is 13.1 Å². The van der Waals surface area contributed by atoms with Crippen LogP contribution in [0.15, 0.2) is 0 Å². The zero-order valence-corrected chi connectivity index (χ0v) is 13.0. The number of carbonyl (C=O) groups is 1. The fraction of sp³-hybridized carbons (Fsp3) is 0.938. The Balaban J connectivity index is 1.93. The van der Waals surface area contributed by atoms with Crippen LogP contribution in [0.4, 0.5) is 0 Å². The van der Waals surface area contributed by atoms with Crippen LogP contribution < -0.4 is 0 Å². The van der Waals surface area contributed by atoms with Crippen LogP contribution in [0.25, 0.3) is 0 Å². The summed E-state index contributed by atoms with van der Waals surface area (Å²) in [5, 5.41) is 19.8. The smallest absolute Gasteiger partial charge is 0.306 e. The average Bonchev–Trinajstić information content (AvgIpc) is 2.35. The number of hydrogen-bond acceptors (Lipinski definition) is 3. The van der Waals surface area contributed by atoms with Gasteiger partial charge in [0.25, 0.3) is 0 Å². The lowest BCUT2D eigenvalue weighted by Gasteiger charge is -2.46. The lowest BCUT2D eigenvalue weighted by atomic mass is 9.77. The Morgan fingerprint density at radius 2 is 1.85 bits per heavy atom. The van der Waals surface area contributed by atoms with Crippen molar-refractivity contribution in [3.05, 3.63) is 0 Å². The van der Waals surface area contributed by atoms with E-state index in [0.717, 1.165) is 6.54 Å². The first kappa shape index (κ1) is 15.8. The third-order valence-electron chi connectivity index (χ3n) is 5.48. The molecule has 1 aliphatic carbocycles. The number of aliphatic carboxylic acids is 1. The van der Waals surface area contributed by atoms with Crippen LogP contribution in [0, 0.1) is 17.8 Å². The van der Waals surface area contributed by atoms with Gasteiger partial charge < -0.3 is 10.2 Å². The highest BCUT2D eigenvalue weighted by molar-refractivity contribution is 5.70. The molecule has 3 unspecified atom stereocenters. The predicted octanol–water partition coefficient (Wildman–Crippen LogP) is 2.36. The first-order valence-electron chi connectivity index (χ1n) is 8.00. The summed E-state index contributed by atoms with van der Waals surface area (Å²) in [6.07, 6.45) is 3.72. The van der Waals surface area contributed by atoms with Gasteiger partial charge in [0.05, 0.1) is 11.5 Å². The summed E-state index contributed by atoms with van der Waals surface area (Å²) in [5.41, 5.74) is -0.684. The summed E-state index contributed by atoms with van der Waals surface area (Å²) in [5.74, 6) is 0.380. The molecule has 116 valence electrons. The Labute approximate surface area is 122 Å². The quantitative estimate of drug-likeness (QED) is 0.834. The number of β-amino-alcohol motifs (C(OH)–C–C–N with tert-alkyl or cyclic N) is 1. The van der Waals surface area contributed by atoms with Gasteiger partial charge in [0.1, 0.15) is 0 Å². The minimum absolute atomic E-state index is 0.257. The van der Waals surface area contributed by atoms with Gasteiger partial charge in [0, 0.05) is 19.1 Å². The van der Waals surface area contributed by atoms with Gasteiger partial charge in [-0.1, -0.05) is 13.8 Å². The topological polar surface area (TPSA) is 60.8 Å². The first-order valence-corrected chi connectivity index (χ1v) is 8.00. The van der Waals surface area contributed by atoms with E-state index in [-0.39, 0.29) is 5.92 Å². The number of nitrogens with zero attached hydrogens (tertiary/aromatic N) is 1. The fourth-order valence-electron chi connectivity index (χ4n) is 3.98. The highest BCUT2D eigenvalue weighted by Gasteiger charge is 2.39. The molecule has 0 spiro atoms. The molecule has 0 bridgehead atoms. The molecule has 4 nitrogen and oxygen atoms in total. The van der Waals surface area contributed by atoms with Crippen LogP contribution in [0.5, 0.6) is 0 Å². The van der Waals surface area contributed by atoms with E-state index < -0.39 is 11.6 Å². The average molecular weight is 283 g/mol. The Morgan fingerprint density at radius 1 is 1.25 bits per heavy atom. The number of aliphatic hydroxyl groups is 1. The molecule has 20 heavy (non-hydrogen) atoms. The van der Waals surface area contributed by atoms with E-state index in [1.165, 1.54) is 6.42 Å². The van der Waals surface area contributed by atoms with Crippen molar-refractivity contribution < 1.29 is 15.0 Å². The van der Waals surface area contributed by atoms with E-state index in [1.807, 2.05) is 0 Å². The minimum atomic E-state index is -0.708. The number of hydrogen-bond donors (Lipinski definition) is 2. The number of carboxylic acids is 1. The molecule has 0 radical (unpaired) electrons. The van der Waals surface area contributed by atoms with Crippen molar-refractivity contribution in [3.63, 3.8) is 0 Å². The molecular weight excluding hydrogens is 254 g/mol. The molecular formula is C16H29NO3. The second kappa shape index (κ2) is 6.02. The van der Waals surface area contributed by atoms with E-state index in [0.29, 0.717) is 50.1 Å². The summed E-state index contributed by atoms with van der Waals surface area (Å²) < 4.78 is 0. The SMILES string of the molecule is CC1CC(C)C(C)N(CC2(O)CCC(C(=O)O)CC2)C1. The number of rotatable bonds is 3. The molecule has 1 aliphatic heterocycles. The summed E-state index contributed by atoms with van der Waals surface area (Å²) in [6, 6.07) is 0.507. The van der Waals surface area contributed by atoms with Gasteiger partial charge in [-0.05, 0) is 50.9 Å². The summed E-state index contributed by atoms with van der Waals surface area (Å²) >= 11 is 0. The second-order valence-corrected chi connectivity index (χ2v) is 7.33. The van der Waals surface area contributed by atoms with Crippen molar-refractivity contribution in [1.82, 2.24) is 4.90 Å². The van der Waals surface area contributed by atoms with Gasteiger partial charge in [0.15, 0.2) is 0 Å². The molecule has 1 heterocycles. The number of piperidine rings is 1. The maximum Gasteiger partial charge on any atom is 0.306 e. The van der Waals surface area contributed by atoms with Gasteiger partial charge in [-0.25, -0.2) is 0 Å². The third kappa shape index (κ3) is 3.53. The Kier molecular flexibility index (Phi) is 4.75. The monoisotopic (exact) mass is 283 g/mol. The summed E-state index contributed by atoms with van der Waals surface area (Å²) in [6.45, 7) is 8.58. The maximum absolute atomic E-state index is 11.0. The number of likely N-dealkylation sites (tertiary alicyclic amines) is 1. The van der Waals surface area contributed by atoms with E-state index in [4.69, 9.17) is 5.11 Å². The molecule has 0 aromatic carbocycles. The molecule has 2 N–H and O–H groups in total. The molecule has 4 heteroatoms. The van der Waals surface area contributed by atoms with Gasteiger partial charge >= 0.3 is 5.97 Å². The lowest BCUT2D eigenvalue weighted by molar-refractivity contribution is -0.145. The van der Waals surface area contributed by atoms with Crippen LogP contribution in [0.3, 0.4) is 0 Å². The highest BCUT2D eigenvalue weighted by atomic mass is 16.4. The molecule has 1 saturated heterocycles. The second-order valence-electron chi connectivity index (χ2n) is 7.33. The van der Waals surface area contributed by atoms with Gasteiger partial charge in [-0.3, -0.25) is 9.69 Å². The van der Waals surface area contributed by atoms with Crippen LogP contribution in [-0.2, 0) is 4.79 Å². The van der Waals surface area contributed by atoms with E-state index >= 15 is 0 Å². The molecule has 0 amide bonds. The zero-order chi connectivity index (χ0) is 14.9. The molecule has 2 fully saturated rings. The highest BCUT2D eigenvalue weighted by Crippen LogP contribution is 2.35. The zero-order valence-electron chi connectivity index (χ0n) is 13.0.